The Bertz CT molecular complexity index is 378. The largest absolute Gasteiger partial charge is 0.491 e. The van der Waals surface area contributed by atoms with Gasteiger partial charge in [-0.05, 0) is 55.6 Å². The molecule has 1 N–H and O–H groups in total. The van der Waals surface area contributed by atoms with Gasteiger partial charge >= 0.3 is 0 Å². The van der Waals surface area contributed by atoms with Gasteiger partial charge in [0, 0.05) is 11.6 Å². The van der Waals surface area contributed by atoms with Gasteiger partial charge in [-0.25, -0.2) is 0 Å². The van der Waals surface area contributed by atoms with Crippen molar-refractivity contribution >= 4 is 15.9 Å². The van der Waals surface area contributed by atoms with E-state index < -0.39 is 0 Å². The van der Waals surface area contributed by atoms with Crippen LogP contribution in [0, 0.1) is 5.92 Å². The Balaban J connectivity index is 1.96. The third-order valence-corrected chi connectivity index (χ3v) is 4.02. The molecule has 18 heavy (non-hydrogen) atoms. The number of methoxy groups -OCH3 is 1. The monoisotopic (exact) mass is 313 g/mol. The number of halogens is 1. The first-order valence-electron chi connectivity index (χ1n) is 6.40. The van der Waals surface area contributed by atoms with Gasteiger partial charge in [-0.15, -0.1) is 0 Å². The quantitative estimate of drug-likeness (QED) is 0.819. The number of rotatable bonds is 6. The lowest BCUT2D eigenvalue weighted by Gasteiger charge is -2.12. The number of nitrogens with one attached hydrogen (secondary N) is 1. The topological polar surface area (TPSA) is 30.5 Å². The van der Waals surface area contributed by atoms with E-state index in [1.54, 1.807) is 7.11 Å². The van der Waals surface area contributed by atoms with Gasteiger partial charge in [-0.2, -0.15) is 0 Å². The highest BCUT2D eigenvalue weighted by molar-refractivity contribution is 9.10. The van der Waals surface area contributed by atoms with E-state index in [0.29, 0.717) is 13.2 Å². The number of benzene rings is 1. The molecule has 1 aliphatic heterocycles. The third-order valence-electron chi connectivity index (χ3n) is 3.24. The van der Waals surface area contributed by atoms with Crippen LogP contribution in [0.25, 0.3) is 0 Å². The Hall–Kier alpha value is -0.580. The van der Waals surface area contributed by atoms with Crippen LogP contribution in [0.3, 0.4) is 0 Å². The number of hydrogen-bond acceptors (Lipinski definition) is 3. The van der Waals surface area contributed by atoms with Crippen LogP contribution in [0.2, 0.25) is 0 Å². The molecular weight excluding hydrogens is 294 g/mol. The second kappa shape index (κ2) is 7.12. The van der Waals surface area contributed by atoms with Gasteiger partial charge in [0.1, 0.15) is 12.4 Å². The van der Waals surface area contributed by atoms with E-state index in [1.807, 2.05) is 6.07 Å². The highest BCUT2D eigenvalue weighted by Gasteiger charge is 2.16. The van der Waals surface area contributed by atoms with Crippen molar-refractivity contribution in [3.63, 3.8) is 0 Å². The molecule has 0 saturated carbocycles. The Morgan fingerprint density at radius 1 is 1.39 bits per heavy atom. The second-order valence-corrected chi connectivity index (χ2v) is 5.51. The first-order chi connectivity index (χ1) is 8.79. The van der Waals surface area contributed by atoms with Crippen molar-refractivity contribution in [2.24, 2.45) is 5.92 Å². The van der Waals surface area contributed by atoms with Crippen LogP contribution in [0.1, 0.15) is 12.0 Å². The van der Waals surface area contributed by atoms with Crippen LogP contribution in [-0.2, 0) is 11.2 Å². The van der Waals surface area contributed by atoms with Crippen LogP contribution in [0.5, 0.6) is 5.75 Å². The van der Waals surface area contributed by atoms with Crippen molar-refractivity contribution in [3.8, 4) is 5.75 Å². The lowest BCUT2D eigenvalue weighted by atomic mass is 9.98. The van der Waals surface area contributed by atoms with E-state index in [4.69, 9.17) is 9.47 Å². The van der Waals surface area contributed by atoms with Gasteiger partial charge in [0.15, 0.2) is 0 Å². The van der Waals surface area contributed by atoms with E-state index in [-0.39, 0.29) is 0 Å². The van der Waals surface area contributed by atoms with Gasteiger partial charge in [-0.3, -0.25) is 0 Å². The first kappa shape index (κ1) is 13.8. The summed E-state index contributed by atoms with van der Waals surface area (Å²) < 4.78 is 11.8. The minimum atomic E-state index is 0.600. The molecule has 4 heteroatoms. The Morgan fingerprint density at radius 3 is 3.00 bits per heavy atom. The SMILES string of the molecule is COCCOc1ccc(Br)c(CC2CCNC2)c1. The van der Waals surface area contributed by atoms with Crippen molar-refractivity contribution in [1.29, 1.82) is 0 Å². The van der Waals surface area contributed by atoms with Crippen LogP contribution in [0.4, 0.5) is 0 Å². The molecule has 0 aliphatic carbocycles. The van der Waals surface area contributed by atoms with Gasteiger partial charge in [0.2, 0.25) is 0 Å². The van der Waals surface area contributed by atoms with Crippen molar-refractivity contribution in [1.82, 2.24) is 5.32 Å². The van der Waals surface area contributed by atoms with Gasteiger partial charge < -0.3 is 14.8 Å². The third kappa shape index (κ3) is 3.97. The molecule has 1 saturated heterocycles. The van der Waals surface area contributed by atoms with Gasteiger partial charge in [0.05, 0.1) is 6.61 Å². The summed E-state index contributed by atoms with van der Waals surface area (Å²) in [5.74, 6) is 1.67. The van der Waals surface area contributed by atoms with Gasteiger partial charge in [0.25, 0.3) is 0 Å². The molecule has 1 heterocycles. The smallest absolute Gasteiger partial charge is 0.119 e. The molecule has 0 radical (unpaired) electrons. The minimum absolute atomic E-state index is 0.600. The average molecular weight is 314 g/mol. The normalized spacial score (nSPS) is 19.1. The minimum Gasteiger partial charge on any atom is -0.491 e. The predicted octanol–water partition coefficient (Wildman–Crippen LogP) is 2.63. The molecule has 100 valence electrons. The molecule has 3 nitrogen and oxygen atoms in total. The second-order valence-electron chi connectivity index (χ2n) is 4.66. The summed E-state index contributed by atoms with van der Waals surface area (Å²) in [5.41, 5.74) is 1.33. The maximum absolute atomic E-state index is 5.65. The van der Waals surface area contributed by atoms with E-state index in [9.17, 15) is 0 Å². The van der Waals surface area contributed by atoms with E-state index in [0.717, 1.165) is 31.2 Å². The highest BCUT2D eigenvalue weighted by atomic mass is 79.9. The zero-order chi connectivity index (χ0) is 12.8. The Labute approximate surface area is 117 Å². The molecule has 0 amide bonds. The lowest BCUT2D eigenvalue weighted by molar-refractivity contribution is 0.146. The highest BCUT2D eigenvalue weighted by Crippen LogP contribution is 2.26. The van der Waals surface area contributed by atoms with Crippen LogP contribution >= 0.6 is 15.9 Å². The molecule has 0 bridgehead atoms. The fourth-order valence-corrected chi connectivity index (χ4v) is 2.65. The zero-order valence-corrected chi connectivity index (χ0v) is 12.3. The summed E-state index contributed by atoms with van der Waals surface area (Å²) in [5, 5.41) is 3.41. The Kier molecular flexibility index (Phi) is 5.47. The van der Waals surface area contributed by atoms with E-state index in [2.05, 4.69) is 33.4 Å². The summed E-state index contributed by atoms with van der Waals surface area (Å²) in [6.45, 7) is 3.49. The van der Waals surface area contributed by atoms with Gasteiger partial charge in [-0.1, -0.05) is 15.9 Å². The van der Waals surface area contributed by atoms with Crippen molar-refractivity contribution in [2.75, 3.05) is 33.4 Å². The summed E-state index contributed by atoms with van der Waals surface area (Å²) in [7, 11) is 1.68. The summed E-state index contributed by atoms with van der Waals surface area (Å²) in [4.78, 5) is 0. The maximum atomic E-state index is 5.65. The summed E-state index contributed by atoms with van der Waals surface area (Å²) in [6, 6.07) is 6.20. The number of hydrogen-bond donors (Lipinski definition) is 1. The molecule has 1 atom stereocenters. The maximum Gasteiger partial charge on any atom is 0.119 e. The summed E-state index contributed by atoms with van der Waals surface area (Å²) >= 11 is 3.62. The molecule has 1 aliphatic rings. The zero-order valence-electron chi connectivity index (χ0n) is 10.7. The van der Waals surface area contributed by atoms with Crippen molar-refractivity contribution in [2.45, 2.75) is 12.8 Å². The summed E-state index contributed by atoms with van der Waals surface area (Å²) in [6.07, 6.45) is 2.37. The van der Waals surface area contributed by atoms with Crippen molar-refractivity contribution < 1.29 is 9.47 Å². The lowest BCUT2D eigenvalue weighted by Crippen LogP contribution is -2.11. The molecule has 0 spiro atoms. The Morgan fingerprint density at radius 2 is 2.28 bits per heavy atom. The fraction of sp³-hybridized carbons (Fsp3) is 0.571. The van der Waals surface area contributed by atoms with E-state index >= 15 is 0 Å². The molecule has 1 fully saturated rings. The molecular formula is C14H20BrNO2. The standard InChI is InChI=1S/C14H20BrNO2/c1-17-6-7-18-13-2-3-14(15)12(9-13)8-11-4-5-16-10-11/h2-3,9,11,16H,4-8,10H2,1H3. The molecule has 1 aromatic rings. The van der Waals surface area contributed by atoms with Crippen molar-refractivity contribution in [3.05, 3.63) is 28.2 Å². The van der Waals surface area contributed by atoms with Crippen LogP contribution in [0.15, 0.2) is 22.7 Å². The van der Waals surface area contributed by atoms with E-state index in [1.165, 1.54) is 16.5 Å². The first-order valence-corrected chi connectivity index (χ1v) is 7.20. The predicted molar refractivity (Wildman–Crippen MR) is 76.2 cm³/mol. The average Bonchev–Trinajstić information content (AvgIpc) is 2.86. The van der Waals surface area contributed by atoms with Crippen LogP contribution < -0.4 is 10.1 Å². The molecule has 0 aromatic heterocycles. The molecule has 1 unspecified atom stereocenters. The molecule has 1 aromatic carbocycles. The van der Waals surface area contributed by atoms with Crippen LogP contribution in [-0.4, -0.2) is 33.4 Å². The number of ether oxygens (including phenoxy) is 2. The fourth-order valence-electron chi connectivity index (χ4n) is 2.24. The molecule has 2 rings (SSSR count).